The van der Waals surface area contributed by atoms with Gasteiger partial charge in [0, 0.05) is 19.8 Å². The zero-order valence-electron chi connectivity index (χ0n) is 27.1. The minimum absolute atomic E-state index is 0.157. The smallest absolute Gasteiger partial charge is 0.338 e. The first-order valence-electron chi connectivity index (χ1n) is 15.9. The lowest BCUT2D eigenvalue weighted by Gasteiger charge is -2.28. The van der Waals surface area contributed by atoms with Gasteiger partial charge < -0.3 is 28.8 Å². The van der Waals surface area contributed by atoms with Crippen LogP contribution in [0.2, 0.25) is 0 Å². The highest BCUT2D eigenvalue weighted by Crippen LogP contribution is 2.41. The van der Waals surface area contributed by atoms with Crippen LogP contribution in [0.1, 0.15) is 48.6 Å². The van der Waals surface area contributed by atoms with Crippen LogP contribution >= 0.6 is 0 Å². The first kappa shape index (κ1) is 32.3. The van der Waals surface area contributed by atoms with Crippen molar-refractivity contribution in [1.82, 2.24) is 13.7 Å². The summed E-state index contributed by atoms with van der Waals surface area (Å²) in [6.07, 6.45) is -4.77. The Hall–Kier alpha value is -6.21. The molecule has 0 radical (unpaired) electrons. The van der Waals surface area contributed by atoms with Crippen LogP contribution in [0.15, 0.2) is 113 Å². The number of nitrogens with one attached hydrogen (secondary N) is 1. The van der Waals surface area contributed by atoms with E-state index in [2.05, 4.69) is 5.32 Å². The van der Waals surface area contributed by atoms with E-state index in [1.165, 1.54) is 11.6 Å². The molecule has 13 heteroatoms. The van der Waals surface area contributed by atoms with Gasteiger partial charge in [0.2, 0.25) is 0 Å². The first-order valence-corrected chi connectivity index (χ1v) is 15.9. The van der Waals surface area contributed by atoms with E-state index in [0.29, 0.717) is 22.8 Å². The number of ether oxygens (including phenoxy) is 4. The summed E-state index contributed by atoms with van der Waals surface area (Å²) in [4.78, 5) is 66.6. The number of nitrogens with zero attached hydrogens (tertiary/aromatic N) is 3. The van der Waals surface area contributed by atoms with Crippen LogP contribution in [0.5, 0.6) is 0 Å². The molecule has 254 valence electrons. The maximum atomic E-state index is 13.6. The number of anilines is 1. The zero-order chi connectivity index (χ0) is 34.9. The highest BCUT2D eigenvalue weighted by Gasteiger charge is 2.52. The molecular weight excluding hydrogens is 644 g/mol. The quantitative estimate of drug-likeness (QED) is 0.191. The third-order valence-electron chi connectivity index (χ3n) is 8.79. The zero-order valence-corrected chi connectivity index (χ0v) is 27.1. The molecule has 0 unspecified atom stereocenters. The molecule has 0 spiro atoms. The molecule has 2 aromatic heterocycles. The molecule has 0 aliphatic carbocycles. The molecular formula is C37H32N4O9. The van der Waals surface area contributed by atoms with Crippen molar-refractivity contribution in [3.05, 3.63) is 152 Å². The Morgan fingerprint density at radius 3 is 1.84 bits per heavy atom. The summed E-state index contributed by atoms with van der Waals surface area (Å²) >= 11 is 0. The van der Waals surface area contributed by atoms with Crippen molar-refractivity contribution in [2.75, 3.05) is 11.9 Å². The Morgan fingerprint density at radius 1 is 0.720 bits per heavy atom. The summed E-state index contributed by atoms with van der Waals surface area (Å²) in [6.45, 7) is -0.0997. The first-order chi connectivity index (χ1) is 24.2. The van der Waals surface area contributed by atoms with Gasteiger partial charge in [0.1, 0.15) is 24.6 Å². The van der Waals surface area contributed by atoms with E-state index in [9.17, 15) is 24.0 Å². The molecule has 5 aromatic rings. The maximum Gasteiger partial charge on any atom is 0.338 e. The lowest BCUT2D eigenvalue weighted by Crippen LogP contribution is -2.43. The number of fused-ring (bicyclic) bond motifs is 3. The van der Waals surface area contributed by atoms with Gasteiger partial charge in [-0.05, 0) is 48.5 Å². The Bertz CT molecular complexity index is 2190. The van der Waals surface area contributed by atoms with Crippen LogP contribution in [0.25, 0.3) is 5.69 Å². The lowest BCUT2D eigenvalue weighted by atomic mass is 10.0. The fraction of sp³-hybridized carbons (Fsp3) is 0.216. The van der Waals surface area contributed by atoms with Gasteiger partial charge in [-0.25, -0.2) is 19.2 Å². The van der Waals surface area contributed by atoms with E-state index < -0.39 is 53.6 Å². The number of esters is 3. The summed E-state index contributed by atoms with van der Waals surface area (Å²) in [5.74, 6) is -1.76. The normalized spacial score (nSPS) is 19.1. The van der Waals surface area contributed by atoms with Crippen LogP contribution in [0.3, 0.4) is 0 Å². The molecule has 4 heterocycles. The highest BCUT2D eigenvalue weighted by atomic mass is 16.6. The predicted octanol–water partition coefficient (Wildman–Crippen LogP) is 3.55. The van der Waals surface area contributed by atoms with Gasteiger partial charge in [-0.1, -0.05) is 54.6 Å². The molecule has 7 rings (SSSR count). The van der Waals surface area contributed by atoms with E-state index in [0.717, 1.165) is 4.57 Å². The van der Waals surface area contributed by atoms with Crippen LogP contribution in [-0.2, 0) is 39.6 Å². The largest absolute Gasteiger partial charge is 0.459 e. The van der Waals surface area contributed by atoms with Crippen LogP contribution in [0.4, 0.5) is 5.82 Å². The van der Waals surface area contributed by atoms with Crippen molar-refractivity contribution in [3.8, 4) is 5.69 Å². The van der Waals surface area contributed by atoms with Crippen molar-refractivity contribution in [1.29, 1.82) is 0 Å². The summed E-state index contributed by atoms with van der Waals surface area (Å²) in [5, 5.41) is 3.15. The van der Waals surface area contributed by atoms with E-state index in [-0.39, 0.29) is 30.0 Å². The van der Waals surface area contributed by atoms with Crippen molar-refractivity contribution >= 4 is 23.7 Å². The molecule has 2 aliphatic heterocycles. The average molecular weight is 677 g/mol. The van der Waals surface area contributed by atoms with Gasteiger partial charge in [-0.2, -0.15) is 0 Å². The van der Waals surface area contributed by atoms with E-state index in [1.807, 2.05) is 0 Å². The van der Waals surface area contributed by atoms with Crippen LogP contribution in [-0.4, -0.2) is 56.5 Å². The van der Waals surface area contributed by atoms with Gasteiger partial charge in [0.15, 0.2) is 17.9 Å². The third-order valence-corrected chi connectivity index (χ3v) is 8.79. The number of hydrogen-bond acceptors (Lipinski definition) is 10. The van der Waals surface area contributed by atoms with Crippen molar-refractivity contribution in [3.63, 3.8) is 0 Å². The number of carbonyl (C=O) groups excluding carboxylic acids is 3. The van der Waals surface area contributed by atoms with Gasteiger partial charge in [-0.15, -0.1) is 0 Å². The molecule has 1 saturated heterocycles. The van der Waals surface area contributed by atoms with Crippen LogP contribution < -0.4 is 16.6 Å². The Kier molecular flexibility index (Phi) is 8.64. The fourth-order valence-electron chi connectivity index (χ4n) is 6.25. The molecule has 1 fully saturated rings. The number of rotatable bonds is 8. The van der Waals surface area contributed by atoms with E-state index in [4.69, 9.17) is 18.9 Å². The molecule has 1 N–H and O–H groups in total. The summed E-state index contributed by atoms with van der Waals surface area (Å²) in [7, 11) is 2.93. The second-order valence-corrected chi connectivity index (χ2v) is 11.9. The van der Waals surface area contributed by atoms with Gasteiger partial charge in [0.25, 0.3) is 5.56 Å². The Morgan fingerprint density at radius 2 is 1.26 bits per heavy atom. The average Bonchev–Trinajstić information content (AvgIpc) is 3.73. The van der Waals surface area contributed by atoms with Crippen LogP contribution in [0, 0.1) is 0 Å². The lowest BCUT2D eigenvalue weighted by molar-refractivity contribution is -0.0452. The summed E-state index contributed by atoms with van der Waals surface area (Å²) in [5.41, 5.74) is 0.924. The number of hydrogen-bond donors (Lipinski definition) is 1. The second kappa shape index (κ2) is 13.4. The molecule has 4 atom stereocenters. The minimum Gasteiger partial charge on any atom is -0.459 e. The molecule has 2 aliphatic rings. The molecule has 13 nitrogen and oxygen atoms in total. The van der Waals surface area contributed by atoms with Gasteiger partial charge in [0.05, 0.1) is 28.9 Å². The Balaban J connectivity index is 1.32. The summed E-state index contributed by atoms with van der Waals surface area (Å²) in [6, 6.07) is 28.5. The van der Waals surface area contributed by atoms with E-state index >= 15 is 0 Å². The standard InChI is InChI=1S/C37H32N4O9/c1-39-32-28(33(42)40(2)37(39)46)41-25(20-38-32)18-19-26(41)29-31(50-36(45)24-16-10-5-11-17-24)30(49-35(44)23-14-8-4-9-15-23)27(48-29)21-47-34(43)22-12-6-3-7-13-22/h3-19,27,29-31,38H,20-21H2,1-2H3/t27-,29+,30-,31+/m1/s1. The molecule has 3 aromatic carbocycles. The van der Waals surface area contributed by atoms with Gasteiger partial charge in [-0.3, -0.25) is 13.9 Å². The summed E-state index contributed by atoms with van der Waals surface area (Å²) < 4.78 is 28.4. The third kappa shape index (κ3) is 5.87. The molecule has 50 heavy (non-hydrogen) atoms. The minimum atomic E-state index is -1.27. The van der Waals surface area contributed by atoms with E-state index in [1.54, 1.807) is 115 Å². The van der Waals surface area contributed by atoms with Crippen molar-refractivity contribution < 1.29 is 33.3 Å². The highest BCUT2D eigenvalue weighted by molar-refractivity contribution is 5.91. The SMILES string of the molecule is Cn1c2c(c(=O)n(C)c1=O)-n1c(ccc1[C@@H]1O[C@H](COC(=O)c3ccccc3)[C@@H](OC(=O)c3ccccc3)[C@H]1OC(=O)c1ccccc1)CN2. The monoisotopic (exact) mass is 676 g/mol. The number of aromatic nitrogens is 3. The molecule has 0 bridgehead atoms. The Labute approximate surface area is 285 Å². The number of carbonyl (C=O) groups is 3. The molecule has 0 saturated carbocycles. The number of benzene rings is 3. The maximum absolute atomic E-state index is 13.6. The van der Waals surface area contributed by atoms with Gasteiger partial charge >= 0.3 is 23.6 Å². The fourth-order valence-corrected chi connectivity index (χ4v) is 6.25. The topological polar surface area (TPSA) is 149 Å². The van der Waals surface area contributed by atoms with Crippen molar-refractivity contribution in [2.24, 2.45) is 14.1 Å². The molecule has 0 amide bonds. The van der Waals surface area contributed by atoms with Crippen molar-refractivity contribution in [2.45, 2.75) is 31.0 Å². The predicted molar refractivity (Wildman–Crippen MR) is 179 cm³/mol. The second-order valence-electron chi connectivity index (χ2n) is 11.9.